The topological polar surface area (TPSA) is 21.8 Å². The summed E-state index contributed by atoms with van der Waals surface area (Å²) in [4.78, 5) is 6.94. The average molecular weight is 1560 g/mol. The highest BCUT2D eigenvalue weighted by molar-refractivity contribution is 9.10. The maximum absolute atomic E-state index is 3.68. The number of hydrogen-bond donors (Lipinski definition) is 1. The minimum atomic E-state index is 1.08. The Bertz CT molecular complexity index is 6610. The van der Waals surface area contributed by atoms with Gasteiger partial charge in [-0.25, -0.2) is 0 Å². The van der Waals surface area contributed by atoms with Crippen molar-refractivity contribution in [3.05, 3.63) is 490 Å². The summed E-state index contributed by atoms with van der Waals surface area (Å²) in [7, 11) is 0. The zero-order valence-electron chi connectivity index (χ0n) is 64.4. The van der Waals surface area contributed by atoms with Crippen LogP contribution >= 0.6 is 15.9 Å². The highest BCUT2D eigenvalue weighted by Crippen LogP contribution is 2.49. The first kappa shape index (κ1) is 73.6. The first-order chi connectivity index (χ1) is 58.0. The maximum Gasteiger partial charge on any atom is 0.0468 e. The standard InChI is InChI=1S/C56H40N2.C30H24N2.C26H17Br/c1-6-18-43(19-7-1)55-51-28-16-17-29-52(51)56(44-20-8-2-9-21-44)54-40-50(38-39-53(54)55)58(47-26-14-5-15-27-47)49-36-32-42(33-37-49)41-30-34-48(35-31-41)57(45-22-10-3-11-23-45)46-24-12-4-13-25-46;1-4-10-26(11-5-1)31-27-20-16-24(17-21-27)25-18-22-30(23-19-25)32(28-12-6-2-7-13-28)29-14-8-3-9-15-29;27-20-15-16-23-24(17-20)26(19-11-5-2-6-12-19)22-14-8-7-13-21(22)25(23)18-9-3-1-4-10-18/h1-40H;1-23,31H;1-17H. The first-order valence-corrected chi connectivity index (χ1v) is 40.5. The van der Waals surface area contributed by atoms with Crippen molar-refractivity contribution in [3.8, 4) is 66.8 Å². The Morgan fingerprint density at radius 1 is 0.145 bits per heavy atom. The molecule has 0 aliphatic carbocycles. The molecule has 5 heteroatoms. The van der Waals surface area contributed by atoms with Gasteiger partial charge in [0.25, 0.3) is 0 Å². The van der Waals surface area contributed by atoms with Crippen LogP contribution in [0.2, 0.25) is 0 Å². The summed E-state index contributed by atoms with van der Waals surface area (Å²) < 4.78 is 1.10. The second kappa shape index (κ2) is 34.6. The lowest BCUT2D eigenvalue weighted by Gasteiger charge is -2.27. The quantitative estimate of drug-likeness (QED) is 0.0917. The van der Waals surface area contributed by atoms with E-state index in [0.29, 0.717) is 0 Å². The Hall–Kier alpha value is -14.9. The van der Waals surface area contributed by atoms with E-state index in [1.165, 1.54) is 104 Å². The summed E-state index contributed by atoms with van der Waals surface area (Å²) in [5.41, 5.74) is 27.0. The molecule has 0 aliphatic heterocycles. The molecule has 0 spiro atoms. The third-order valence-electron chi connectivity index (χ3n) is 21.6. The Morgan fingerprint density at radius 2 is 0.350 bits per heavy atom. The number of rotatable bonds is 17. The normalized spacial score (nSPS) is 10.9. The van der Waals surface area contributed by atoms with E-state index in [1.807, 2.05) is 30.3 Å². The van der Waals surface area contributed by atoms with Crippen LogP contribution in [0.15, 0.2) is 490 Å². The molecule has 0 fully saturated rings. The van der Waals surface area contributed by atoms with Crippen LogP contribution in [-0.2, 0) is 0 Å². The number of nitrogens with one attached hydrogen (secondary N) is 1. The summed E-state index contributed by atoms with van der Waals surface area (Å²) in [5.74, 6) is 0. The van der Waals surface area contributed by atoms with Gasteiger partial charge in [0.2, 0.25) is 0 Å². The molecule has 0 atom stereocenters. The fourth-order valence-electron chi connectivity index (χ4n) is 16.2. The van der Waals surface area contributed by atoms with Crippen molar-refractivity contribution < 1.29 is 0 Å². The molecule has 0 saturated heterocycles. The Morgan fingerprint density at radius 3 is 0.658 bits per heavy atom. The van der Waals surface area contributed by atoms with Crippen LogP contribution in [0, 0.1) is 0 Å². The van der Waals surface area contributed by atoms with Crippen LogP contribution in [0.25, 0.3) is 110 Å². The van der Waals surface area contributed by atoms with E-state index in [2.05, 4.69) is 491 Å². The van der Waals surface area contributed by atoms with Crippen LogP contribution in [0.4, 0.5) is 62.6 Å². The van der Waals surface area contributed by atoms with E-state index < -0.39 is 0 Å². The van der Waals surface area contributed by atoms with E-state index in [4.69, 9.17) is 0 Å². The lowest BCUT2D eigenvalue weighted by Crippen LogP contribution is -2.10. The fourth-order valence-corrected chi connectivity index (χ4v) is 16.6. The number of anilines is 11. The van der Waals surface area contributed by atoms with Crippen LogP contribution in [0.3, 0.4) is 0 Å². The van der Waals surface area contributed by atoms with E-state index in [9.17, 15) is 0 Å². The van der Waals surface area contributed by atoms with Gasteiger partial charge >= 0.3 is 0 Å². The van der Waals surface area contributed by atoms with E-state index in [0.717, 1.165) is 72.6 Å². The predicted molar refractivity (Wildman–Crippen MR) is 503 cm³/mol. The molecule has 20 rings (SSSR count). The SMILES string of the molecule is Brc1ccc2c(-c3ccccc3)c3ccccc3c(-c3ccccc3)c2c1.c1ccc(-c2c3ccccc3c(-c3ccccc3)c3cc(N(c4ccccc4)c4ccc(-c5ccc(N(c6ccccc6)c6ccccc6)cc5)cc4)ccc23)cc1.c1ccc(Nc2ccc(-c3ccc(N(c4ccccc4)c4ccccc4)cc3)cc2)cc1. The van der Waals surface area contributed by atoms with E-state index in [-0.39, 0.29) is 0 Å². The number of para-hydroxylation sites is 6. The third-order valence-corrected chi connectivity index (χ3v) is 22.1. The van der Waals surface area contributed by atoms with Crippen molar-refractivity contribution in [1.82, 2.24) is 0 Å². The molecule has 0 aliphatic rings. The number of halogens is 1. The molecule has 1 N–H and O–H groups in total. The zero-order valence-corrected chi connectivity index (χ0v) is 66.0. The fraction of sp³-hybridized carbons (Fsp3) is 0. The molecular formula is C112H81BrN4. The smallest absolute Gasteiger partial charge is 0.0468 e. The molecule has 20 aromatic carbocycles. The number of nitrogens with zero attached hydrogens (tertiary/aromatic N) is 3. The number of fused-ring (bicyclic) bond motifs is 4. The van der Waals surface area contributed by atoms with Gasteiger partial charge in [0.15, 0.2) is 0 Å². The van der Waals surface area contributed by atoms with Gasteiger partial charge < -0.3 is 20.0 Å². The van der Waals surface area contributed by atoms with Gasteiger partial charge in [-0.1, -0.05) is 356 Å². The Labute approximate surface area is 693 Å². The van der Waals surface area contributed by atoms with Gasteiger partial charge in [-0.15, -0.1) is 0 Å². The van der Waals surface area contributed by atoms with Gasteiger partial charge in [-0.2, -0.15) is 0 Å². The summed E-state index contributed by atoms with van der Waals surface area (Å²) in [6.45, 7) is 0. The minimum Gasteiger partial charge on any atom is -0.356 e. The van der Waals surface area contributed by atoms with Gasteiger partial charge in [0, 0.05) is 67.0 Å². The highest BCUT2D eigenvalue weighted by Gasteiger charge is 2.23. The molecule has 0 heterocycles. The third kappa shape index (κ3) is 16.0. The Balaban J connectivity index is 0.000000134. The van der Waals surface area contributed by atoms with Crippen LogP contribution in [0.1, 0.15) is 0 Å². The summed E-state index contributed by atoms with van der Waals surface area (Å²) in [6, 6.07) is 172. The molecule has 20 aromatic rings. The van der Waals surface area contributed by atoms with Crippen molar-refractivity contribution in [2.45, 2.75) is 0 Å². The van der Waals surface area contributed by atoms with E-state index >= 15 is 0 Å². The van der Waals surface area contributed by atoms with E-state index in [1.54, 1.807) is 0 Å². The average Bonchev–Trinajstić information content (AvgIpc) is 0.733. The zero-order chi connectivity index (χ0) is 78.5. The molecule has 0 aromatic heterocycles. The molecule has 0 radical (unpaired) electrons. The number of benzene rings is 20. The predicted octanol–water partition coefficient (Wildman–Crippen LogP) is 32.6. The lowest BCUT2D eigenvalue weighted by atomic mass is 9.85. The molecule has 117 heavy (non-hydrogen) atoms. The van der Waals surface area contributed by atoms with Gasteiger partial charge in [0.05, 0.1) is 0 Å². The molecular weight excluding hydrogens is 1480 g/mol. The lowest BCUT2D eigenvalue weighted by molar-refractivity contribution is 1.28. The second-order valence-corrected chi connectivity index (χ2v) is 29.8. The summed E-state index contributed by atoms with van der Waals surface area (Å²) in [5, 5.41) is 13.5. The second-order valence-electron chi connectivity index (χ2n) is 28.9. The molecule has 0 saturated carbocycles. The van der Waals surface area contributed by atoms with Crippen molar-refractivity contribution in [2.24, 2.45) is 0 Å². The van der Waals surface area contributed by atoms with Crippen LogP contribution in [-0.4, -0.2) is 0 Å². The minimum absolute atomic E-state index is 1.08. The first-order valence-electron chi connectivity index (χ1n) is 39.7. The summed E-state index contributed by atoms with van der Waals surface area (Å²) in [6.07, 6.45) is 0. The van der Waals surface area contributed by atoms with Crippen LogP contribution in [0.5, 0.6) is 0 Å². The van der Waals surface area contributed by atoms with Crippen molar-refractivity contribution in [1.29, 1.82) is 0 Å². The summed E-state index contributed by atoms with van der Waals surface area (Å²) >= 11 is 3.68. The monoisotopic (exact) mass is 1560 g/mol. The maximum atomic E-state index is 3.68. The number of hydrogen-bond acceptors (Lipinski definition) is 4. The molecule has 556 valence electrons. The molecule has 0 bridgehead atoms. The van der Waals surface area contributed by atoms with Crippen LogP contribution < -0.4 is 20.0 Å². The highest BCUT2D eigenvalue weighted by atomic mass is 79.9. The molecule has 0 amide bonds. The largest absolute Gasteiger partial charge is 0.356 e. The van der Waals surface area contributed by atoms with Gasteiger partial charge in [-0.3, -0.25) is 0 Å². The Kier molecular flexibility index (Phi) is 21.8. The van der Waals surface area contributed by atoms with Crippen molar-refractivity contribution >= 4 is 122 Å². The molecule has 0 unspecified atom stereocenters. The van der Waals surface area contributed by atoms with Crippen molar-refractivity contribution in [2.75, 3.05) is 20.0 Å². The molecule has 4 nitrogen and oxygen atoms in total. The van der Waals surface area contributed by atoms with Gasteiger partial charge in [-0.05, 0) is 255 Å². The van der Waals surface area contributed by atoms with Crippen molar-refractivity contribution in [3.63, 3.8) is 0 Å². The van der Waals surface area contributed by atoms with Gasteiger partial charge in [0.1, 0.15) is 0 Å².